The predicted molar refractivity (Wildman–Crippen MR) is 69.3 cm³/mol. The molecule has 1 heterocycles. The number of amides is 1. The fourth-order valence-electron chi connectivity index (χ4n) is 2.41. The van der Waals surface area contributed by atoms with E-state index in [0.29, 0.717) is 6.54 Å². The lowest BCUT2D eigenvalue weighted by Gasteiger charge is -2.29. The van der Waals surface area contributed by atoms with Crippen molar-refractivity contribution in [3.05, 3.63) is 0 Å². The van der Waals surface area contributed by atoms with Crippen molar-refractivity contribution in [3.63, 3.8) is 0 Å². The maximum absolute atomic E-state index is 12.0. The summed E-state index contributed by atoms with van der Waals surface area (Å²) in [7, 11) is 0. The van der Waals surface area contributed by atoms with Gasteiger partial charge in [-0.05, 0) is 32.6 Å². The average Bonchev–Trinajstić information content (AvgIpc) is 2.69. The molecule has 0 aromatic carbocycles. The third-order valence-electron chi connectivity index (χ3n) is 3.87. The lowest BCUT2D eigenvalue weighted by molar-refractivity contribution is -0.145. The van der Waals surface area contributed by atoms with E-state index in [2.05, 4.69) is 5.32 Å². The van der Waals surface area contributed by atoms with Crippen LogP contribution in [0.3, 0.4) is 0 Å². The zero-order chi connectivity index (χ0) is 13.9. The van der Waals surface area contributed by atoms with E-state index in [1.807, 2.05) is 20.8 Å². The quantitative estimate of drug-likeness (QED) is 0.772. The molecule has 1 fully saturated rings. The van der Waals surface area contributed by atoms with Crippen LogP contribution in [0.15, 0.2) is 0 Å². The van der Waals surface area contributed by atoms with Crippen molar-refractivity contribution < 1.29 is 14.7 Å². The molecule has 4 atom stereocenters. The van der Waals surface area contributed by atoms with Crippen LogP contribution in [0.1, 0.15) is 40.5 Å². The lowest BCUT2D eigenvalue weighted by atomic mass is 10.0. The number of carbonyl (C=O) groups excluding carboxylic acids is 1. The molecule has 1 saturated heterocycles. The van der Waals surface area contributed by atoms with Crippen molar-refractivity contribution in [1.29, 1.82) is 0 Å². The van der Waals surface area contributed by atoms with Gasteiger partial charge in [-0.25, -0.2) is 0 Å². The van der Waals surface area contributed by atoms with Gasteiger partial charge < -0.3 is 10.4 Å². The van der Waals surface area contributed by atoms with Gasteiger partial charge in [0.2, 0.25) is 5.91 Å². The van der Waals surface area contributed by atoms with Gasteiger partial charge in [0.25, 0.3) is 0 Å². The zero-order valence-electron chi connectivity index (χ0n) is 11.6. The van der Waals surface area contributed by atoms with Crippen LogP contribution in [0.2, 0.25) is 0 Å². The van der Waals surface area contributed by atoms with Gasteiger partial charge >= 0.3 is 5.97 Å². The number of nitrogens with one attached hydrogen (secondary N) is 1. The summed E-state index contributed by atoms with van der Waals surface area (Å²) in [6.45, 7) is 8.34. The molecule has 18 heavy (non-hydrogen) atoms. The maximum Gasteiger partial charge on any atom is 0.321 e. The summed E-state index contributed by atoms with van der Waals surface area (Å²) in [6, 6.07) is -0.795. The Morgan fingerprint density at radius 2 is 2.06 bits per heavy atom. The standard InChI is InChI=1S/C13H24N2O3/c1-5-9(3)14-12(16)10(4)15-7-6-8(2)11(15)13(17)18/h8-11H,5-7H2,1-4H3,(H,14,16)(H,17,18). The van der Waals surface area contributed by atoms with Gasteiger partial charge in [0.1, 0.15) is 6.04 Å². The molecule has 1 rings (SSSR count). The van der Waals surface area contributed by atoms with Gasteiger partial charge in [-0.3, -0.25) is 14.5 Å². The molecule has 1 amide bonds. The van der Waals surface area contributed by atoms with Crippen LogP contribution >= 0.6 is 0 Å². The Hall–Kier alpha value is -1.10. The second-order valence-corrected chi connectivity index (χ2v) is 5.28. The Labute approximate surface area is 109 Å². The lowest BCUT2D eigenvalue weighted by Crippen LogP contribution is -2.52. The second kappa shape index (κ2) is 6.18. The van der Waals surface area contributed by atoms with Crippen molar-refractivity contribution in [1.82, 2.24) is 10.2 Å². The molecule has 0 aliphatic carbocycles. The number of carbonyl (C=O) groups is 2. The molecular formula is C13H24N2O3. The first-order chi connectivity index (χ1) is 8.38. The molecule has 0 aromatic heterocycles. The largest absolute Gasteiger partial charge is 0.480 e. The second-order valence-electron chi connectivity index (χ2n) is 5.28. The van der Waals surface area contributed by atoms with E-state index in [-0.39, 0.29) is 23.9 Å². The summed E-state index contributed by atoms with van der Waals surface area (Å²) >= 11 is 0. The molecule has 0 bridgehead atoms. The molecule has 2 N–H and O–H groups in total. The fourth-order valence-corrected chi connectivity index (χ4v) is 2.41. The third kappa shape index (κ3) is 3.22. The van der Waals surface area contributed by atoms with Crippen LogP contribution in [-0.2, 0) is 9.59 Å². The molecule has 1 aliphatic heterocycles. The van der Waals surface area contributed by atoms with E-state index in [1.165, 1.54) is 0 Å². The minimum atomic E-state index is -0.830. The van der Waals surface area contributed by atoms with E-state index in [1.54, 1.807) is 11.8 Å². The number of hydrogen-bond acceptors (Lipinski definition) is 3. The van der Waals surface area contributed by atoms with Crippen LogP contribution in [0, 0.1) is 5.92 Å². The maximum atomic E-state index is 12.0. The number of hydrogen-bond donors (Lipinski definition) is 2. The van der Waals surface area contributed by atoms with Crippen LogP contribution in [0.25, 0.3) is 0 Å². The van der Waals surface area contributed by atoms with Crippen molar-refractivity contribution in [2.45, 2.75) is 58.7 Å². The van der Waals surface area contributed by atoms with Gasteiger partial charge in [-0.2, -0.15) is 0 Å². The molecule has 5 heteroatoms. The molecule has 5 nitrogen and oxygen atoms in total. The normalized spacial score (nSPS) is 27.8. The van der Waals surface area contributed by atoms with Crippen molar-refractivity contribution >= 4 is 11.9 Å². The Morgan fingerprint density at radius 1 is 1.44 bits per heavy atom. The van der Waals surface area contributed by atoms with E-state index in [9.17, 15) is 14.7 Å². The number of rotatable bonds is 5. The Morgan fingerprint density at radius 3 is 2.56 bits per heavy atom. The summed E-state index contributed by atoms with van der Waals surface area (Å²) in [5, 5.41) is 12.1. The highest BCUT2D eigenvalue weighted by Gasteiger charge is 2.41. The molecular weight excluding hydrogens is 232 g/mol. The highest BCUT2D eigenvalue weighted by Crippen LogP contribution is 2.26. The molecule has 1 aliphatic rings. The predicted octanol–water partition coefficient (Wildman–Crippen LogP) is 1.08. The van der Waals surface area contributed by atoms with E-state index in [0.717, 1.165) is 12.8 Å². The number of carboxylic acids is 1. The summed E-state index contributed by atoms with van der Waals surface area (Å²) in [6.07, 6.45) is 1.70. The summed E-state index contributed by atoms with van der Waals surface area (Å²) < 4.78 is 0. The number of likely N-dealkylation sites (tertiary alicyclic amines) is 1. The minimum absolute atomic E-state index is 0.0790. The van der Waals surface area contributed by atoms with Gasteiger partial charge in [-0.15, -0.1) is 0 Å². The number of aliphatic carboxylic acids is 1. The van der Waals surface area contributed by atoms with Crippen molar-refractivity contribution in [2.24, 2.45) is 5.92 Å². The third-order valence-corrected chi connectivity index (χ3v) is 3.87. The summed E-state index contributed by atoms with van der Waals surface area (Å²) in [5.74, 6) is -0.811. The van der Waals surface area contributed by atoms with Crippen LogP contribution in [0.5, 0.6) is 0 Å². The monoisotopic (exact) mass is 256 g/mol. The smallest absolute Gasteiger partial charge is 0.321 e. The highest BCUT2D eigenvalue weighted by atomic mass is 16.4. The van der Waals surface area contributed by atoms with E-state index >= 15 is 0 Å². The average molecular weight is 256 g/mol. The molecule has 104 valence electrons. The van der Waals surface area contributed by atoms with Crippen LogP contribution in [-0.4, -0.2) is 46.6 Å². The first-order valence-electron chi connectivity index (χ1n) is 6.67. The fraction of sp³-hybridized carbons (Fsp3) is 0.846. The zero-order valence-corrected chi connectivity index (χ0v) is 11.6. The minimum Gasteiger partial charge on any atom is -0.480 e. The molecule has 4 unspecified atom stereocenters. The summed E-state index contributed by atoms with van der Waals surface area (Å²) in [5.41, 5.74) is 0. The Balaban J connectivity index is 2.68. The molecule has 0 aromatic rings. The Bertz CT molecular complexity index is 319. The van der Waals surface area contributed by atoms with Gasteiger partial charge in [0.15, 0.2) is 0 Å². The Kier molecular flexibility index (Phi) is 5.14. The summed E-state index contributed by atoms with van der Waals surface area (Å²) in [4.78, 5) is 25.1. The van der Waals surface area contributed by atoms with Crippen molar-refractivity contribution in [3.8, 4) is 0 Å². The molecule has 0 spiro atoms. The first-order valence-corrected chi connectivity index (χ1v) is 6.67. The first kappa shape index (κ1) is 15.0. The van der Waals surface area contributed by atoms with Gasteiger partial charge in [-0.1, -0.05) is 13.8 Å². The van der Waals surface area contributed by atoms with E-state index < -0.39 is 12.0 Å². The molecule has 0 radical (unpaired) electrons. The van der Waals surface area contributed by atoms with Gasteiger partial charge in [0.05, 0.1) is 6.04 Å². The topological polar surface area (TPSA) is 69.6 Å². The van der Waals surface area contributed by atoms with Crippen LogP contribution < -0.4 is 5.32 Å². The van der Waals surface area contributed by atoms with Crippen LogP contribution in [0.4, 0.5) is 0 Å². The number of carboxylic acid groups (broad SMARTS) is 1. The SMILES string of the molecule is CCC(C)NC(=O)C(C)N1CCC(C)C1C(=O)O. The van der Waals surface area contributed by atoms with Crippen molar-refractivity contribution in [2.75, 3.05) is 6.54 Å². The van der Waals surface area contributed by atoms with E-state index in [4.69, 9.17) is 0 Å². The highest BCUT2D eigenvalue weighted by molar-refractivity contribution is 5.83. The van der Waals surface area contributed by atoms with Gasteiger partial charge in [0, 0.05) is 12.6 Å². The molecule has 0 saturated carbocycles. The number of nitrogens with zero attached hydrogens (tertiary/aromatic N) is 1.